The Labute approximate surface area is 160 Å². The normalized spacial score (nSPS) is 22.8. The van der Waals surface area contributed by atoms with Gasteiger partial charge in [-0.05, 0) is 48.5 Å². The molecular formula is C18H16FN3O3S2. The van der Waals surface area contributed by atoms with Crippen molar-refractivity contribution < 1.29 is 17.6 Å². The van der Waals surface area contributed by atoms with Crippen molar-refractivity contribution in [1.29, 1.82) is 0 Å². The van der Waals surface area contributed by atoms with E-state index in [-0.39, 0.29) is 34.5 Å². The van der Waals surface area contributed by atoms with Crippen LogP contribution in [0, 0.1) is 5.82 Å². The van der Waals surface area contributed by atoms with Crippen LogP contribution in [0.4, 0.5) is 15.8 Å². The molecule has 0 aromatic heterocycles. The van der Waals surface area contributed by atoms with Gasteiger partial charge in [0, 0.05) is 22.2 Å². The van der Waals surface area contributed by atoms with E-state index in [1.807, 2.05) is 0 Å². The van der Waals surface area contributed by atoms with Crippen LogP contribution in [0.15, 0.2) is 53.5 Å². The van der Waals surface area contributed by atoms with Gasteiger partial charge in [0.15, 0.2) is 15.0 Å². The largest absolute Gasteiger partial charge is 0.335 e. The molecule has 9 heteroatoms. The van der Waals surface area contributed by atoms with Crippen LogP contribution < -0.4 is 10.6 Å². The summed E-state index contributed by atoms with van der Waals surface area (Å²) in [5, 5.41) is 6.55. The van der Waals surface area contributed by atoms with E-state index in [0.717, 1.165) is 5.69 Å². The Morgan fingerprint density at radius 1 is 1.04 bits per heavy atom. The fraction of sp³-hybridized carbons (Fsp3) is 0.222. The quantitative estimate of drug-likeness (QED) is 0.820. The molecule has 2 aliphatic heterocycles. The fourth-order valence-electron chi connectivity index (χ4n) is 2.98. The van der Waals surface area contributed by atoms with Crippen LogP contribution >= 0.6 is 11.8 Å². The Morgan fingerprint density at radius 3 is 2.37 bits per heavy atom. The predicted octanol–water partition coefficient (Wildman–Crippen LogP) is 2.76. The van der Waals surface area contributed by atoms with Gasteiger partial charge in [-0.1, -0.05) is 11.8 Å². The molecule has 2 aromatic rings. The first-order valence-electron chi connectivity index (χ1n) is 8.27. The van der Waals surface area contributed by atoms with Crippen LogP contribution in [-0.2, 0) is 9.84 Å². The summed E-state index contributed by atoms with van der Waals surface area (Å²) in [5.41, 5.74) is 1.75. The molecule has 1 fully saturated rings. The molecule has 140 valence electrons. The van der Waals surface area contributed by atoms with Crippen LogP contribution in [0.5, 0.6) is 0 Å². The number of sulfone groups is 1. The number of nitrogens with one attached hydrogen (secondary N) is 2. The topological polar surface area (TPSA) is 87.6 Å². The number of hydrogen-bond donors (Lipinski definition) is 2. The maximum atomic E-state index is 12.9. The highest BCUT2D eigenvalue weighted by atomic mass is 32.2. The van der Waals surface area contributed by atoms with E-state index >= 15 is 0 Å². The maximum Gasteiger partial charge on any atom is 0.255 e. The van der Waals surface area contributed by atoms with Crippen molar-refractivity contribution in [2.24, 2.45) is 4.99 Å². The van der Waals surface area contributed by atoms with E-state index in [1.165, 1.54) is 36.0 Å². The summed E-state index contributed by atoms with van der Waals surface area (Å²) in [5.74, 6) is -0.379. The number of halogens is 1. The molecule has 1 saturated heterocycles. The number of amides is 1. The summed E-state index contributed by atoms with van der Waals surface area (Å²) in [6.07, 6.45) is 0. The number of amidine groups is 1. The van der Waals surface area contributed by atoms with Gasteiger partial charge in [-0.3, -0.25) is 9.79 Å². The molecule has 0 bridgehead atoms. The molecule has 0 aliphatic carbocycles. The van der Waals surface area contributed by atoms with E-state index in [2.05, 4.69) is 15.6 Å². The number of anilines is 2. The van der Waals surface area contributed by atoms with Gasteiger partial charge in [-0.25, -0.2) is 12.8 Å². The summed E-state index contributed by atoms with van der Waals surface area (Å²) in [7, 11) is -2.97. The van der Waals surface area contributed by atoms with Gasteiger partial charge in [0.2, 0.25) is 0 Å². The molecule has 0 unspecified atom stereocenters. The highest BCUT2D eigenvalue weighted by Crippen LogP contribution is 2.34. The van der Waals surface area contributed by atoms with Crippen LogP contribution in [0.1, 0.15) is 10.4 Å². The average Bonchev–Trinajstić information content (AvgIpc) is 3.10. The van der Waals surface area contributed by atoms with Gasteiger partial charge in [-0.15, -0.1) is 0 Å². The lowest BCUT2D eigenvalue weighted by atomic mass is 10.2. The lowest BCUT2D eigenvalue weighted by Crippen LogP contribution is -2.13. The number of nitrogens with zero attached hydrogens (tertiary/aromatic N) is 1. The highest BCUT2D eigenvalue weighted by Gasteiger charge is 2.42. The number of fused-ring (bicyclic) bond motifs is 1. The van der Waals surface area contributed by atoms with Gasteiger partial charge in [0.05, 0.1) is 17.5 Å². The molecule has 2 aromatic carbocycles. The molecule has 6 nitrogen and oxygen atoms in total. The van der Waals surface area contributed by atoms with Crippen molar-refractivity contribution >= 4 is 44.0 Å². The molecule has 4 rings (SSSR count). The first kappa shape index (κ1) is 18.0. The van der Waals surface area contributed by atoms with E-state index in [1.54, 1.807) is 24.3 Å². The number of carbonyl (C=O) groups excluding carboxylic acids is 1. The number of aliphatic imine (C=N–C) groups is 1. The lowest BCUT2D eigenvalue weighted by molar-refractivity contribution is 0.102. The zero-order valence-electron chi connectivity index (χ0n) is 14.1. The zero-order valence-corrected chi connectivity index (χ0v) is 15.7. The fourth-order valence-corrected chi connectivity index (χ4v) is 6.66. The van der Waals surface area contributed by atoms with Crippen LogP contribution in [-0.4, -0.2) is 42.3 Å². The lowest BCUT2D eigenvalue weighted by Gasteiger charge is -2.08. The Bertz CT molecular complexity index is 1010. The summed E-state index contributed by atoms with van der Waals surface area (Å²) in [6, 6.07) is 12.2. The minimum absolute atomic E-state index is 0.0155. The van der Waals surface area contributed by atoms with Crippen molar-refractivity contribution in [2.75, 3.05) is 22.1 Å². The summed E-state index contributed by atoms with van der Waals surface area (Å²) in [4.78, 5) is 16.7. The predicted molar refractivity (Wildman–Crippen MR) is 106 cm³/mol. The summed E-state index contributed by atoms with van der Waals surface area (Å²) in [6.45, 7) is 0. The van der Waals surface area contributed by atoms with E-state index in [4.69, 9.17) is 0 Å². The van der Waals surface area contributed by atoms with Crippen molar-refractivity contribution in [2.45, 2.75) is 11.3 Å². The number of benzene rings is 2. The second-order valence-corrected chi connectivity index (χ2v) is 9.78. The number of rotatable bonds is 3. The number of hydrogen-bond acceptors (Lipinski definition) is 6. The SMILES string of the molecule is O=C(Nc1ccc(F)cc1)c1ccc(NC2=N[C@H]3CS(=O)(=O)C[C@@H]3S2)cc1. The minimum Gasteiger partial charge on any atom is -0.335 e. The molecule has 2 aliphatic rings. The highest BCUT2D eigenvalue weighted by molar-refractivity contribution is 8.15. The molecular weight excluding hydrogens is 389 g/mol. The first-order chi connectivity index (χ1) is 12.9. The smallest absolute Gasteiger partial charge is 0.255 e. The monoisotopic (exact) mass is 405 g/mol. The second kappa shape index (κ2) is 6.97. The number of carbonyl (C=O) groups is 1. The molecule has 2 heterocycles. The van der Waals surface area contributed by atoms with Crippen LogP contribution in [0.3, 0.4) is 0 Å². The Balaban J connectivity index is 1.38. The van der Waals surface area contributed by atoms with Gasteiger partial charge >= 0.3 is 0 Å². The summed E-state index contributed by atoms with van der Waals surface area (Å²) >= 11 is 1.44. The summed E-state index contributed by atoms with van der Waals surface area (Å²) < 4.78 is 36.1. The standard InChI is InChI=1S/C18H16FN3O3S2/c19-12-3-7-13(8-4-12)20-17(23)11-1-5-14(6-2-11)21-18-22-15-9-27(24,25)10-16(15)26-18/h1-8,15-16H,9-10H2,(H,20,23)(H,21,22)/t15-,16-/m0/s1. The van der Waals surface area contributed by atoms with Crippen LogP contribution in [0.25, 0.3) is 0 Å². The van der Waals surface area contributed by atoms with Gasteiger partial charge < -0.3 is 10.6 Å². The minimum atomic E-state index is -2.97. The van der Waals surface area contributed by atoms with E-state index in [9.17, 15) is 17.6 Å². The maximum absolute atomic E-state index is 12.9. The van der Waals surface area contributed by atoms with Crippen LogP contribution in [0.2, 0.25) is 0 Å². The van der Waals surface area contributed by atoms with Gasteiger partial charge in [0.1, 0.15) is 5.82 Å². The Hall–Kier alpha value is -2.39. The average molecular weight is 405 g/mol. The van der Waals surface area contributed by atoms with Crippen molar-refractivity contribution in [3.63, 3.8) is 0 Å². The molecule has 27 heavy (non-hydrogen) atoms. The van der Waals surface area contributed by atoms with Crippen molar-refractivity contribution in [3.8, 4) is 0 Å². The van der Waals surface area contributed by atoms with E-state index in [0.29, 0.717) is 16.4 Å². The van der Waals surface area contributed by atoms with Gasteiger partial charge in [0.25, 0.3) is 5.91 Å². The van der Waals surface area contributed by atoms with Crippen molar-refractivity contribution in [1.82, 2.24) is 0 Å². The molecule has 0 radical (unpaired) electrons. The van der Waals surface area contributed by atoms with Gasteiger partial charge in [-0.2, -0.15) is 0 Å². The Morgan fingerprint density at radius 2 is 1.70 bits per heavy atom. The molecule has 1 amide bonds. The van der Waals surface area contributed by atoms with Crippen molar-refractivity contribution in [3.05, 3.63) is 59.9 Å². The molecule has 2 atom stereocenters. The molecule has 0 saturated carbocycles. The van der Waals surface area contributed by atoms with E-state index < -0.39 is 9.84 Å². The second-order valence-electron chi connectivity index (χ2n) is 6.40. The number of thioether (sulfide) groups is 1. The third-order valence-corrected chi connectivity index (χ3v) is 7.46. The first-order valence-corrected chi connectivity index (χ1v) is 11.0. The molecule has 0 spiro atoms. The zero-order chi connectivity index (χ0) is 19.0. The third-order valence-electron chi connectivity index (χ3n) is 4.32. The Kier molecular flexibility index (Phi) is 4.65. The third kappa shape index (κ3) is 4.14. The molecule has 2 N–H and O–H groups in total.